The van der Waals surface area contributed by atoms with E-state index in [4.69, 9.17) is 5.14 Å². The summed E-state index contributed by atoms with van der Waals surface area (Å²) in [7, 11) is -3.60. The van der Waals surface area contributed by atoms with Gasteiger partial charge in [0.25, 0.3) is 0 Å². The Hall–Kier alpha value is -1.28. The zero-order chi connectivity index (χ0) is 14.6. The van der Waals surface area contributed by atoms with Crippen LogP contribution in [0, 0.1) is 0 Å². The number of nitrogens with two attached hydrogens (primary N) is 1. The molecule has 0 aliphatic carbocycles. The summed E-state index contributed by atoms with van der Waals surface area (Å²) in [5.74, 6) is 0. The Morgan fingerprint density at radius 3 is 2.60 bits per heavy atom. The van der Waals surface area contributed by atoms with Crippen molar-refractivity contribution in [3.63, 3.8) is 0 Å². The Balaban J connectivity index is 1.86. The van der Waals surface area contributed by atoms with Gasteiger partial charge in [-0.05, 0) is 37.6 Å². The van der Waals surface area contributed by atoms with Crippen LogP contribution in [0.2, 0.25) is 0 Å². The predicted molar refractivity (Wildman–Crippen MR) is 80.1 cm³/mol. The van der Waals surface area contributed by atoms with Gasteiger partial charge in [-0.1, -0.05) is 12.1 Å². The number of thiazole rings is 1. The zero-order valence-electron chi connectivity index (χ0n) is 11.1. The normalized spacial score (nSPS) is 13.3. The van der Waals surface area contributed by atoms with Crippen LogP contribution in [-0.2, 0) is 16.4 Å². The molecular weight excluding hydrogens is 294 g/mol. The summed E-state index contributed by atoms with van der Waals surface area (Å²) < 4.78 is 22.3. The zero-order valence-corrected chi connectivity index (χ0v) is 12.7. The highest BCUT2D eigenvalue weighted by Crippen LogP contribution is 2.16. The second kappa shape index (κ2) is 6.45. The molecule has 0 aliphatic heterocycles. The van der Waals surface area contributed by atoms with Gasteiger partial charge in [0.1, 0.15) is 0 Å². The molecule has 3 N–H and O–H groups in total. The molecule has 0 saturated heterocycles. The van der Waals surface area contributed by atoms with Gasteiger partial charge in [0, 0.05) is 17.1 Å². The Morgan fingerprint density at radius 1 is 1.35 bits per heavy atom. The van der Waals surface area contributed by atoms with E-state index < -0.39 is 10.0 Å². The molecule has 2 aromatic rings. The molecule has 0 aliphatic rings. The van der Waals surface area contributed by atoms with Crippen LogP contribution in [0.4, 0.5) is 0 Å². The Labute approximate surface area is 122 Å². The van der Waals surface area contributed by atoms with Gasteiger partial charge in [0.2, 0.25) is 10.0 Å². The number of benzene rings is 1. The second-order valence-corrected chi connectivity index (χ2v) is 7.00. The average molecular weight is 311 g/mol. The van der Waals surface area contributed by atoms with Gasteiger partial charge in [0.15, 0.2) is 0 Å². The van der Waals surface area contributed by atoms with E-state index in [2.05, 4.69) is 17.2 Å². The van der Waals surface area contributed by atoms with E-state index in [0.717, 1.165) is 18.5 Å². The minimum atomic E-state index is -3.60. The third-order valence-electron chi connectivity index (χ3n) is 2.99. The number of nitrogens with one attached hydrogen (secondary N) is 1. The number of hydrogen-bond donors (Lipinski definition) is 2. The van der Waals surface area contributed by atoms with E-state index in [1.54, 1.807) is 23.5 Å². The first-order chi connectivity index (χ1) is 9.47. The van der Waals surface area contributed by atoms with Crippen LogP contribution >= 0.6 is 11.3 Å². The minimum Gasteiger partial charge on any atom is -0.309 e. The molecule has 2 rings (SSSR count). The molecule has 108 valence electrons. The maximum absolute atomic E-state index is 11.1. The van der Waals surface area contributed by atoms with Crippen molar-refractivity contribution in [2.75, 3.05) is 6.54 Å². The van der Waals surface area contributed by atoms with Gasteiger partial charge >= 0.3 is 0 Å². The van der Waals surface area contributed by atoms with Gasteiger partial charge < -0.3 is 5.32 Å². The molecule has 1 heterocycles. The van der Waals surface area contributed by atoms with Crippen LogP contribution in [0.1, 0.15) is 23.4 Å². The standard InChI is InChI=1S/C13H17N3O2S2/c1-10(13-8-15-9-19-13)16-7-6-11-2-4-12(5-3-11)20(14,17)18/h2-5,8-10,16H,6-7H2,1H3,(H2,14,17,18). The third kappa shape index (κ3) is 4.11. The molecule has 5 nitrogen and oxygen atoms in total. The van der Waals surface area contributed by atoms with Gasteiger partial charge in [-0.15, -0.1) is 11.3 Å². The van der Waals surface area contributed by atoms with Crippen LogP contribution in [0.3, 0.4) is 0 Å². The summed E-state index contributed by atoms with van der Waals surface area (Å²) in [6.07, 6.45) is 2.69. The number of primary sulfonamides is 1. The molecular formula is C13H17N3O2S2. The summed E-state index contributed by atoms with van der Waals surface area (Å²) in [6.45, 7) is 2.91. The van der Waals surface area contributed by atoms with Crippen molar-refractivity contribution >= 4 is 21.4 Å². The fraction of sp³-hybridized carbons (Fsp3) is 0.308. The van der Waals surface area contributed by atoms with Gasteiger partial charge in [-0.25, -0.2) is 13.6 Å². The summed E-state index contributed by atoms with van der Waals surface area (Å²) in [5.41, 5.74) is 2.89. The molecule has 0 radical (unpaired) electrons. The van der Waals surface area contributed by atoms with E-state index in [-0.39, 0.29) is 10.9 Å². The van der Waals surface area contributed by atoms with Gasteiger partial charge in [-0.2, -0.15) is 0 Å². The molecule has 20 heavy (non-hydrogen) atoms. The maximum atomic E-state index is 11.1. The molecule has 1 atom stereocenters. The summed E-state index contributed by atoms with van der Waals surface area (Å²) in [6, 6.07) is 6.93. The highest BCUT2D eigenvalue weighted by Gasteiger charge is 2.08. The minimum absolute atomic E-state index is 0.146. The Morgan fingerprint density at radius 2 is 2.05 bits per heavy atom. The first-order valence-electron chi connectivity index (χ1n) is 6.20. The highest BCUT2D eigenvalue weighted by atomic mass is 32.2. The van der Waals surface area contributed by atoms with E-state index in [1.165, 1.54) is 17.0 Å². The fourth-order valence-corrected chi connectivity index (χ4v) is 2.99. The van der Waals surface area contributed by atoms with Crippen molar-refractivity contribution in [2.24, 2.45) is 5.14 Å². The summed E-state index contributed by atoms with van der Waals surface area (Å²) >= 11 is 1.63. The van der Waals surface area contributed by atoms with Crippen molar-refractivity contribution in [1.82, 2.24) is 10.3 Å². The lowest BCUT2D eigenvalue weighted by Gasteiger charge is -2.11. The van der Waals surface area contributed by atoms with Gasteiger partial charge in [-0.3, -0.25) is 4.98 Å². The van der Waals surface area contributed by atoms with Crippen LogP contribution in [-0.4, -0.2) is 19.9 Å². The molecule has 0 fully saturated rings. The average Bonchev–Trinajstić information content (AvgIpc) is 2.92. The van der Waals surface area contributed by atoms with Crippen molar-refractivity contribution in [1.29, 1.82) is 0 Å². The van der Waals surface area contributed by atoms with Crippen LogP contribution in [0.15, 0.2) is 40.9 Å². The van der Waals surface area contributed by atoms with Crippen molar-refractivity contribution < 1.29 is 8.42 Å². The lowest BCUT2D eigenvalue weighted by molar-refractivity contribution is 0.583. The van der Waals surface area contributed by atoms with Crippen LogP contribution in [0.25, 0.3) is 0 Å². The molecule has 0 amide bonds. The number of rotatable bonds is 6. The largest absolute Gasteiger partial charge is 0.309 e. The highest BCUT2D eigenvalue weighted by molar-refractivity contribution is 7.89. The summed E-state index contributed by atoms with van der Waals surface area (Å²) in [4.78, 5) is 5.40. The molecule has 0 bridgehead atoms. The monoisotopic (exact) mass is 311 g/mol. The second-order valence-electron chi connectivity index (χ2n) is 4.52. The molecule has 0 saturated carbocycles. The van der Waals surface area contributed by atoms with Crippen LogP contribution < -0.4 is 10.5 Å². The number of aromatic nitrogens is 1. The SMILES string of the molecule is CC(NCCc1ccc(S(N)(=O)=O)cc1)c1cncs1. The summed E-state index contributed by atoms with van der Waals surface area (Å²) in [5, 5.41) is 8.46. The predicted octanol–water partition coefficient (Wildman–Crippen LogP) is 1.68. The maximum Gasteiger partial charge on any atom is 0.238 e. The Bertz CT molecular complexity index is 637. The number of hydrogen-bond acceptors (Lipinski definition) is 5. The van der Waals surface area contributed by atoms with Gasteiger partial charge in [0.05, 0.1) is 10.4 Å². The quantitative estimate of drug-likeness (QED) is 0.850. The number of nitrogens with zero attached hydrogens (tertiary/aromatic N) is 1. The third-order valence-corrected chi connectivity index (χ3v) is 4.88. The van der Waals surface area contributed by atoms with Crippen molar-refractivity contribution in [3.8, 4) is 0 Å². The fourth-order valence-electron chi connectivity index (χ4n) is 1.82. The van der Waals surface area contributed by atoms with E-state index in [1.807, 2.05) is 11.7 Å². The molecule has 0 spiro atoms. The number of sulfonamides is 1. The van der Waals surface area contributed by atoms with Crippen LogP contribution in [0.5, 0.6) is 0 Å². The molecule has 1 unspecified atom stereocenters. The lowest BCUT2D eigenvalue weighted by Crippen LogP contribution is -2.20. The van der Waals surface area contributed by atoms with E-state index >= 15 is 0 Å². The topological polar surface area (TPSA) is 85.1 Å². The van der Waals surface area contributed by atoms with E-state index in [9.17, 15) is 8.42 Å². The first-order valence-corrected chi connectivity index (χ1v) is 8.63. The molecule has 7 heteroatoms. The Kier molecular flexibility index (Phi) is 4.87. The van der Waals surface area contributed by atoms with E-state index in [0.29, 0.717) is 0 Å². The van der Waals surface area contributed by atoms with Crippen molar-refractivity contribution in [2.45, 2.75) is 24.3 Å². The molecule has 1 aromatic carbocycles. The molecule has 1 aromatic heterocycles. The smallest absolute Gasteiger partial charge is 0.238 e. The lowest BCUT2D eigenvalue weighted by atomic mass is 10.1. The first kappa shape index (κ1) is 15.1. The van der Waals surface area contributed by atoms with Crippen molar-refractivity contribution in [3.05, 3.63) is 46.4 Å².